The van der Waals surface area contributed by atoms with E-state index in [0.717, 1.165) is 18.8 Å². The number of nitrogen functional groups attached to an aromatic ring is 1. The lowest BCUT2D eigenvalue weighted by Crippen LogP contribution is -2.21. The van der Waals surface area contributed by atoms with Crippen molar-refractivity contribution < 1.29 is 14.6 Å². The van der Waals surface area contributed by atoms with Gasteiger partial charge in [-0.15, -0.1) is 0 Å². The van der Waals surface area contributed by atoms with E-state index in [1.54, 1.807) is 18.2 Å². The van der Waals surface area contributed by atoms with Crippen molar-refractivity contribution in [2.75, 3.05) is 5.73 Å². The highest BCUT2D eigenvalue weighted by Gasteiger charge is 2.20. The van der Waals surface area contributed by atoms with Gasteiger partial charge in [-0.25, -0.2) is 4.79 Å². The maximum Gasteiger partial charge on any atom is 0.338 e. The molecule has 2 rings (SSSR count). The number of carbonyl (C=O) groups is 1. The van der Waals surface area contributed by atoms with Gasteiger partial charge in [0.25, 0.3) is 0 Å². The molecule has 4 nitrogen and oxygen atoms in total. The molecule has 1 aliphatic carbocycles. The van der Waals surface area contributed by atoms with Crippen LogP contribution in [-0.2, 0) is 11.3 Å². The Morgan fingerprint density at radius 3 is 2.68 bits per heavy atom. The summed E-state index contributed by atoms with van der Waals surface area (Å²) in [6, 6.07) is 5.14. The standard InChI is InChI=1S/C15H21NO3/c1-10-5-7-12(8-6-10)19-9-11-3-2-4-13(16)14(11)15(17)18/h2-4,10,12H,5-9,16H2,1H3,(H,17,18). The van der Waals surface area contributed by atoms with Crippen LogP contribution in [0, 0.1) is 5.92 Å². The van der Waals surface area contributed by atoms with Crippen LogP contribution in [-0.4, -0.2) is 17.2 Å². The number of aromatic carboxylic acids is 1. The van der Waals surface area contributed by atoms with Crippen LogP contribution in [0.15, 0.2) is 18.2 Å². The number of carboxylic acids is 1. The molecular weight excluding hydrogens is 242 g/mol. The molecule has 0 aliphatic heterocycles. The number of benzene rings is 1. The van der Waals surface area contributed by atoms with Crippen LogP contribution >= 0.6 is 0 Å². The second kappa shape index (κ2) is 6.06. The number of carboxylic acid groups (broad SMARTS) is 1. The molecule has 0 spiro atoms. The van der Waals surface area contributed by atoms with E-state index in [1.165, 1.54) is 12.8 Å². The molecule has 1 aromatic carbocycles. The average molecular weight is 263 g/mol. The third-order valence-electron chi connectivity index (χ3n) is 3.83. The lowest BCUT2D eigenvalue weighted by atomic mass is 9.89. The molecule has 1 saturated carbocycles. The highest BCUT2D eigenvalue weighted by molar-refractivity contribution is 5.95. The van der Waals surface area contributed by atoms with Crippen molar-refractivity contribution in [3.8, 4) is 0 Å². The van der Waals surface area contributed by atoms with Crippen molar-refractivity contribution in [3.05, 3.63) is 29.3 Å². The average Bonchev–Trinajstić information content (AvgIpc) is 2.37. The SMILES string of the molecule is CC1CCC(OCc2cccc(N)c2C(=O)O)CC1. The Kier molecular flexibility index (Phi) is 4.43. The predicted octanol–water partition coefficient (Wildman–Crippen LogP) is 3.06. The Hall–Kier alpha value is -1.55. The summed E-state index contributed by atoms with van der Waals surface area (Å²) in [6.45, 7) is 2.59. The van der Waals surface area contributed by atoms with E-state index in [1.807, 2.05) is 0 Å². The first kappa shape index (κ1) is 13.9. The van der Waals surface area contributed by atoms with Crippen LogP contribution in [0.1, 0.15) is 48.5 Å². The van der Waals surface area contributed by atoms with Crippen molar-refractivity contribution in [1.82, 2.24) is 0 Å². The van der Waals surface area contributed by atoms with Crippen LogP contribution in [0.3, 0.4) is 0 Å². The Morgan fingerprint density at radius 1 is 1.37 bits per heavy atom. The maximum atomic E-state index is 11.2. The summed E-state index contributed by atoms with van der Waals surface area (Å²) in [5.74, 6) is -0.212. The third-order valence-corrected chi connectivity index (χ3v) is 3.83. The fraction of sp³-hybridized carbons (Fsp3) is 0.533. The van der Waals surface area contributed by atoms with Crippen molar-refractivity contribution in [2.24, 2.45) is 5.92 Å². The molecule has 0 heterocycles. The van der Waals surface area contributed by atoms with Crippen molar-refractivity contribution in [2.45, 2.75) is 45.3 Å². The van der Waals surface area contributed by atoms with E-state index in [2.05, 4.69) is 6.92 Å². The molecular formula is C15H21NO3. The van der Waals surface area contributed by atoms with Gasteiger partial charge in [0, 0.05) is 5.69 Å². The number of ether oxygens (including phenoxy) is 1. The van der Waals surface area contributed by atoms with Crippen LogP contribution in [0.4, 0.5) is 5.69 Å². The van der Waals surface area contributed by atoms with Crippen molar-refractivity contribution in [3.63, 3.8) is 0 Å². The van der Waals surface area contributed by atoms with Gasteiger partial charge in [0.15, 0.2) is 0 Å². The van der Waals surface area contributed by atoms with E-state index in [4.69, 9.17) is 10.5 Å². The Bertz CT molecular complexity index is 451. The highest BCUT2D eigenvalue weighted by atomic mass is 16.5. The molecule has 1 fully saturated rings. The van der Waals surface area contributed by atoms with Gasteiger partial charge in [-0.3, -0.25) is 0 Å². The topological polar surface area (TPSA) is 72.5 Å². The van der Waals surface area contributed by atoms with E-state index >= 15 is 0 Å². The molecule has 0 amide bonds. The minimum atomic E-state index is -0.992. The predicted molar refractivity (Wildman–Crippen MR) is 74.0 cm³/mol. The molecule has 0 radical (unpaired) electrons. The zero-order valence-electron chi connectivity index (χ0n) is 11.3. The molecule has 104 valence electrons. The van der Waals surface area contributed by atoms with E-state index in [0.29, 0.717) is 17.9 Å². The summed E-state index contributed by atoms with van der Waals surface area (Å²) < 4.78 is 5.84. The smallest absolute Gasteiger partial charge is 0.338 e. The normalized spacial score (nSPS) is 23.2. The molecule has 0 unspecified atom stereocenters. The largest absolute Gasteiger partial charge is 0.478 e. The Labute approximate surface area is 113 Å². The molecule has 19 heavy (non-hydrogen) atoms. The number of rotatable bonds is 4. The minimum Gasteiger partial charge on any atom is -0.478 e. The first-order valence-electron chi connectivity index (χ1n) is 6.80. The van der Waals surface area contributed by atoms with Crippen molar-refractivity contribution >= 4 is 11.7 Å². The van der Waals surface area contributed by atoms with E-state index < -0.39 is 5.97 Å². The fourth-order valence-electron chi connectivity index (χ4n) is 2.60. The van der Waals surface area contributed by atoms with Crippen LogP contribution in [0.5, 0.6) is 0 Å². The fourth-order valence-corrected chi connectivity index (χ4v) is 2.60. The monoisotopic (exact) mass is 263 g/mol. The van der Waals surface area contributed by atoms with E-state index in [9.17, 15) is 9.90 Å². The molecule has 1 aliphatic rings. The van der Waals surface area contributed by atoms with Gasteiger partial charge < -0.3 is 15.6 Å². The van der Waals surface area contributed by atoms with Crippen LogP contribution < -0.4 is 5.73 Å². The second-order valence-electron chi connectivity index (χ2n) is 5.38. The van der Waals surface area contributed by atoms with Crippen LogP contribution in [0.25, 0.3) is 0 Å². The lowest BCUT2D eigenvalue weighted by Gasteiger charge is -2.26. The molecule has 0 bridgehead atoms. The summed E-state index contributed by atoms with van der Waals surface area (Å²) >= 11 is 0. The molecule has 3 N–H and O–H groups in total. The maximum absolute atomic E-state index is 11.2. The first-order chi connectivity index (χ1) is 9.08. The molecule has 0 aromatic heterocycles. The number of hydrogen-bond donors (Lipinski definition) is 2. The van der Waals surface area contributed by atoms with Gasteiger partial charge in [0.2, 0.25) is 0 Å². The quantitative estimate of drug-likeness (QED) is 0.819. The molecule has 0 saturated heterocycles. The first-order valence-corrected chi connectivity index (χ1v) is 6.80. The van der Waals surface area contributed by atoms with E-state index in [-0.39, 0.29) is 11.7 Å². The molecule has 0 atom stereocenters. The van der Waals surface area contributed by atoms with Gasteiger partial charge in [0.05, 0.1) is 18.3 Å². The molecule has 4 heteroatoms. The molecule has 1 aromatic rings. The van der Waals surface area contributed by atoms with Crippen molar-refractivity contribution in [1.29, 1.82) is 0 Å². The summed E-state index contributed by atoms with van der Waals surface area (Å²) in [5, 5.41) is 9.18. The number of nitrogens with two attached hydrogens (primary N) is 1. The van der Waals surface area contributed by atoms with Gasteiger partial charge in [-0.05, 0) is 43.2 Å². The summed E-state index contributed by atoms with van der Waals surface area (Å²) in [4.78, 5) is 11.2. The van der Waals surface area contributed by atoms with Gasteiger partial charge >= 0.3 is 5.97 Å². The zero-order valence-corrected chi connectivity index (χ0v) is 11.3. The third kappa shape index (κ3) is 3.47. The van der Waals surface area contributed by atoms with Crippen LogP contribution in [0.2, 0.25) is 0 Å². The summed E-state index contributed by atoms with van der Waals surface area (Å²) in [7, 11) is 0. The Balaban J connectivity index is 2.00. The summed E-state index contributed by atoms with van der Waals surface area (Å²) in [6.07, 6.45) is 4.75. The van der Waals surface area contributed by atoms with Gasteiger partial charge in [-0.1, -0.05) is 19.1 Å². The minimum absolute atomic E-state index is 0.173. The van der Waals surface area contributed by atoms with Gasteiger partial charge in [0.1, 0.15) is 0 Å². The Morgan fingerprint density at radius 2 is 2.05 bits per heavy atom. The second-order valence-corrected chi connectivity index (χ2v) is 5.38. The lowest BCUT2D eigenvalue weighted by molar-refractivity contribution is 0.00824. The zero-order chi connectivity index (χ0) is 13.8. The summed E-state index contributed by atoms with van der Waals surface area (Å²) in [5.41, 5.74) is 6.84. The highest BCUT2D eigenvalue weighted by Crippen LogP contribution is 2.27. The number of anilines is 1. The number of hydrogen-bond acceptors (Lipinski definition) is 3. The van der Waals surface area contributed by atoms with Gasteiger partial charge in [-0.2, -0.15) is 0 Å².